The molecular formula is C18H21N5O2. The number of benzene rings is 1. The maximum Gasteiger partial charge on any atom is 0.261 e. The zero-order chi connectivity index (χ0) is 17.4. The molecule has 0 atom stereocenters. The van der Waals surface area contributed by atoms with Gasteiger partial charge >= 0.3 is 0 Å². The van der Waals surface area contributed by atoms with E-state index in [-0.39, 0.29) is 5.56 Å². The van der Waals surface area contributed by atoms with Gasteiger partial charge in [0.1, 0.15) is 0 Å². The number of para-hydroxylation sites is 1. The summed E-state index contributed by atoms with van der Waals surface area (Å²) in [5.41, 5.74) is 7.58. The molecule has 1 aliphatic carbocycles. The fraction of sp³-hybridized carbons (Fsp3) is 0.444. The number of fused-ring (bicyclic) bond motifs is 1. The molecule has 0 radical (unpaired) electrons. The molecule has 0 aliphatic heterocycles. The van der Waals surface area contributed by atoms with Crippen LogP contribution in [0.5, 0.6) is 0 Å². The van der Waals surface area contributed by atoms with E-state index in [9.17, 15) is 4.79 Å². The van der Waals surface area contributed by atoms with E-state index in [1.165, 1.54) is 0 Å². The monoisotopic (exact) mass is 339 g/mol. The van der Waals surface area contributed by atoms with Gasteiger partial charge in [0, 0.05) is 13.0 Å². The summed E-state index contributed by atoms with van der Waals surface area (Å²) in [5, 5.41) is 4.68. The Kier molecular flexibility index (Phi) is 3.88. The first-order valence-corrected chi connectivity index (χ1v) is 8.63. The zero-order valence-electron chi connectivity index (χ0n) is 14.2. The largest absolute Gasteiger partial charge is 0.339 e. The van der Waals surface area contributed by atoms with Crippen molar-refractivity contribution in [3.63, 3.8) is 0 Å². The molecule has 2 N–H and O–H groups in total. The number of aryl methyl sites for hydroxylation is 3. The number of hydrogen-bond donors (Lipinski definition) is 1. The van der Waals surface area contributed by atoms with Crippen LogP contribution in [0.2, 0.25) is 0 Å². The molecule has 2 heterocycles. The summed E-state index contributed by atoms with van der Waals surface area (Å²) < 4.78 is 6.92. The second-order valence-electron chi connectivity index (χ2n) is 6.84. The van der Waals surface area contributed by atoms with Crippen LogP contribution in [0.15, 0.2) is 33.8 Å². The smallest absolute Gasteiger partial charge is 0.261 e. The third kappa shape index (κ3) is 2.84. The van der Waals surface area contributed by atoms with Gasteiger partial charge < -0.3 is 10.3 Å². The molecule has 25 heavy (non-hydrogen) atoms. The van der Waals surface area contributed by atoms with Crippen LogP contribution in [-0.2, 0) is 18.5 Å². The zero-order valence-corrected chi connectivity index (χ0v) is 14.2. The minimum Gasteiger partial charge on any atom is -0.339 e. The highest BCUT2D eigenvalue weighted by molar-refractivity contribution is 5.80. The van der Waals surface area contributed by atoms with Gasteiger partial charge in [0.15, 0.2) is 5.82 Å². The van der Waals surface area contributed by atoms with Crippen molar-refractivity contribution in [2.24, 2.45) is 5.73 Å². The van der Waals surface area contributed by atoms with E-state index in [2.05, 4.69) is 15.1 Å². The number of rotatable bonds is 4. The lowest BCUT2D eigenvalue weighted by Gasteiger charge is -2.17. The number of nitrogens with zero attached hydrogens (tertiary/aromatic N) is 4. The highest BCUT2D eigenvalue weighted by Crippen LogP contribution is 2.34. The molecule has 0 saturated heterocycles. The van der Waals surface area contributed by atoms with E-state index >= 15 is 0 Å². The van der Waals surface area contributed by atoms with E-state index in [0.717, 1.165) is 36.8 Å². The lowest BCUT2D eigenvalue weighted by Crippen LogP contribution is -2.34. The minimum absolute atomic E-state index is 0.0560. The molecule has 0 unspecified atom stereocenters. The lowest BCUT2D eigenvalue weighted by molar-refractivity contribution is 0.344. The average Bonchev–Trinajstić information content (AvgIpc) is 3.25. The van der Waals surface area contributed by atoms with Crippen LogP contribution in [0.1, 0.15) is 43.0 Å². The van der Waals surface area contributed by atoms with Crippen molar-refractivity contribution < 1.29 is 4.52 Å². The molecule has 0 bridgehead atoms. The molecule has 4 rings (SSSR count). The maximum atomic E-state index is 12.6. The van der Waals surface area contributed by atoms with E-state index in [1.54, 1.807) is 17.0 Å². The van der Waals surface area contributed by atoms with Crippen molar-refractivity contribution in [3.05, 3.63) is 52.2 Å². The second kappa shape index (κ2) is 6.07. The Hall–Kier alpha value is -2.54. The molecule has 1 aromatic carbocycles. The summed E-state index contributed by atoms with van der Waals surface area (Å²) in [6.45, 7) is 2.39. The van der Waals surface area contributed by atoms with Crippen molar-refractivity contribution in [1.29, 1.82) is 0 Å². The van der Waals surface area contributed by atoms with Gasteiger partial charge in [0.2, 0.25) is 5.89 Å². The molecular weight excluding hydrogens is 318 g/mol. The van der Waals surface area contributed by atoms with Gasteiger partial charge in [-0.2, -0.15) is 4.98 Å². The fourth-order valence-corrected chi connectivity index (χ4v) is 3.50. The SMILES string of the molecule is Cc1cccc2c(=O)n(CCc3nc(C4(N)CCCC4)no3)cnc12. The van der Waals surface area contributed by atoms with Gasteiger partial charge in [0.05, 0.1) is 22.8 Å². The molecule has 1 fully saturated rings. The van der Waals surface area contributed by atoms with Crippen LogP contribution in [0.4, 0.5) is 0 Å². The van der Waals surface area contributed by atoms with Gasteiger partial charge in [-0.1, -0.05) is 30.1 Å². The van der Waals surface area contributed by atoms with Crippen molar-refractivity contribution >= 4 is 10.9 Å². The summed E-state index contributed by atoms with van der Waals surface area (Å²) in [5.74, 6) is 1.09. The van der Waals surface area contributed by atoms with Gasteiger partial charge in [-0.05, 0) is 31.4 Å². The van der Waals surface area contributed by atoms with E-state index in [1.807, 2.05) is 19.1 Å². The Morgan fingerprint density at radius 1 is 1.32 bits per heavy atom. The molecule has 3 aromatic rings. The predicted molar refractivity (Wildman–Crippen MR) is 93.1 cm³/mol. The van der Waals surface area contributed by atoms with Crippen LogP contribution in [0.3, 0.4) is 0 Å². The van der Waals surface area contributed by atoms with Crippen molar-refractivity contribution in [3.8, 4) is 0 Å². The standard InChI is InChI=1S/C18H21N5O2/c1-12-5-4-6-13-15(12)20-11-23(16(13)24)10-7-14-21-17(22-25-14)18(19)8-2-3-9-18/h4-6,11H,2-3,7-10,19H2,1H3. The van der Waals surface area contributed by atoms with Crippen LogP contribution < -0.4 is 11.3 Å². The summed E-state index contributed by atoms with van der Waals surface area (Å²) in [7, 11) is 0. The molecule has 7 nitrogen and oxygen atoms in total. The van der Waals surface area contributed by atoms with Crippen LogP contribution in [0.25, 0.3) is 10.9 Å². The first-order chi connectivity index (χ1) is 12.1. The molecule has 1 saturated carbocycles. The maximum absolute atomic E-state index is 12.6. The molecule has 2 aromatic heterocycles. The Morgan fingerprint density at radius 2 is 2.12 bits per heavy atom. The normalized spacial score (nSPS) is 16.6. The summed E-state index contributed by atoms with van der Waals surface area (Å²) in [4.78, 5) is 21.5. The molecule has 130 valence electrons. The van der Waals surface area contributed by atoms with Crippen molar-refractivity contribution in [1.82, 2.24) is 19.7 Å². The number of hydrogen-bond acceptors (Lipinski definition) is 6. The van der Waals surface area contributed by atoms with Crippen LogP contribution in [0, 0.1) is 6.92 Å². The van der Waals surface area contributed by atoms with E-state index in [0.29, 0.717) is 30.1 Å². The van der Waals surface area contributed by atoms with Gasteiger partial charge in [-0.25, -0.2) is 4.98 Å². The van der Waals surface area contributed by atoms with Crippen molar-refractivity contribution in [2.45, 2.75) is 51.1 Å². The third-order valence-corrected chi connectivity index (χ3v) is 5.03. The summed E-state index contributed by atoms with van der Waals surface area (Å²) in [6, 6.07) is 5.62. The Balaban J connectivity index is 1.54. The fourth-order valence-electron chi connectivity index (χ4n) is 3.50. The second-order valence-corrected chi connectivity index (χ2v) is 6.84. The minimum atomic E-state index is -0.458. The molecule has 7 heteroatoms. The first kappa shape index (κ1) is 16.0. The summed E-state index contributed by atoms with van der Waals surface area (Å²) >= 11 is 0. The quantitative estimate of drug-likeness (QED) is 0.781. The van der Waals surface area contributed by atoms with Gasteiger partial charge in [-0.15, -0.1) is 0 Å². The number of aromatic nitrogens is 4. The number of nitrogens with two attached hydrogens (primary N) is 1. The van der Waals surface area contributed by atoms with Crippen LogP contribution in [-0.4, -0.2) is 19.7 Å². The van der Waals surface area contributed by atoms with E-state index in [4.69, 9.17) is 10.3 Å². The Labute approximate surface area is 144 Å². The summed E-state index contributed by atoms with van der Waals surface area (Å²) in [6.07, 6.45) is 6.02. The Morgan fingerprint density at radius 3 is 2.92 bits per heavy atom. The topological polar surface area (TPSA) is 99.8 Å². The highest BCUT2D eigenvalue weighted by atomic mass is 16.5. The molecule has 0 spiro atoms. The molecule has 1 aliphatic rings. The highest BCUT2D eigenvalue weighted by Gasteiger charge is 2.35. The average molecular weight is 339 g/mol. The third-order valence-electron chi connectivity index (χ3n) is 5.03. The van der Waals surface area contributed by atoms with Gasteiger partial charge in [-0.3, -0.25) is 9.36 Å². The molecule has 0 amide bonds. The lowest BCUT2D eigenvalue weighted by atomic mass is 9.99. The Bertz CT molecular complexity index is 969. The van der Waals surface area contributed by atoms with E-state index < -0.39 is 5.54 Å². The first-order valence-electron chi connectivity index (χ1n) is 8.63. The predicted octanol–water partition coefficient (Wildman–Crippen LogP) is 2.06. The van der Waals surface area contributed by atoms with Crippen molar-refractivity contribution in [2.75, 3.05) is 0 Å². The van der Waals surface area contributed by atoms with Gasteiger partial charge in [0.25, 0.3) is 5.56 Å². The van der Waals surface area contributed by atoms with Crippen LogP contribution >= 0.6 is 0 Å².